The van der Waals surface area contributed by atoms with Crippen LogP contribution in [0.5, 0.6) is 11.5 Å². The summed E-state index contributed by atoms with van der Waals surface area (Å²) < 4.78 is 56.0. The molecule has 0 aromatic heterocycles. The van der Waals surface area contributed by atoms with E-state index in [9.17, 15) is 16.8 Å². The maximum atomic E-state index is 11.8. The number of unbranched alkanes of at least 4 members (excludes halogenated alkanes) is 10. The lowest BCUT2D eigenvalue weighted by molar-refractivity contribution is 0.296. The predicted molar refractivity (Wildman–Crippen MR) is 191 cm³/mol. The highest BCUT2D eigenvalue weighted by Crippen LogP contribution is 2.25. The number of methoxy groups -OCH3 is 1. The molecule has 0 radical (unpaired) electrons. The van der Waals surface area contributed by atoms with Crippen LogP contribution in [-0.4, -0.2) is 41.3 Å². The highest BCUT2D eigenvalue weighted by atomic mass is 32.2. The number of hydrogen-bond acceptors (Lipinski definition) is 10. The van der Waals surface area contributed by atoms with Crippen molar-refractivity contribution in [3.05, 3.63) is 53.6 Å². The van der Waals surface area contributed by atoms with Gasteiger partial charge in [0.05, 0.1) is 19.5 Å². The number of aryl methyl sites for hydroxylation is 1. The molecule has 9 N–H and O–H groups in total. The first-order valence-corrected chi connectivity index (χ1v) is 19.3. The van der Waals surface area contributed by atoms with E-state index >= 15 is 0 Å². The second-order valence-corrected chi connectivity index (χ2v) is 14.6. The van der Waals surface area contributed by atoms with Crippen molar-refractivity contribution in [2.75, 3.05) is 19.5 Å². The smallest absolute Gasteiger partial charge is 0.256 e. The molecule has 0 aliphatic carbocycles. The zero-order valence-corrected chi connectivity index (χ0v) is 30.3. The van der Waals surface area contributed by atoms with Crippen LogP contribution in [0.2, 0.25) is 0 Å². The van der Waals surface area contributed by atoms with Crippen LogP contribution in [0.1, 0.15) is 102 Å². The van der Waals surface area contributed by atoms with Gasteiger partial charge in [-0.05, 0) is 61.7 Å². The molecule has 0 atom stereocenters. The molecule has 2 aromatic carbocycles. The summed E-state index contributed by atoms with van der Waals surface area (Å²) in [4.78, 5) is 4.26. The Bertz CT molecular complexity index is 1310. The highest BCUT2D eigenvalue weighted by molar-refractivity contribution is 7.89. The highest BCUT2D eigenvalue weighted by Gasteiger charge is 2.18. The first-order chi connectivity index (χ1) is 21.9. The van der Waals surface area contributed by atoms with Crippen molar-refractivity contribution < 1.29 is 26.3 Å². The number of hydrazine groups is 3. The number of ether oxygens (including phenoxy) is 2. The van der Waals surface area contributed by atoms with Gasteiger partial charge in [-0.3, -0.25) is 11.7 Å². The van der Waals surface area contributed by atoms with Crippen LogP contribution < -0.4 is 42.1 Å². The minimum Gasteiger partial charge on any atom is -0.497 e. The number of benzene rings is 2. The second-order valence-electron chi connectivity index (χ2n) is 10.6. The lowest BCUT2D eigenvalue weighted by atomic mass is 10.1. The molecule has 0 amide bonds. The molecule has 0 saturated carbocycles. The summed E-state index contributed by atoms with van der Waals surface area (Å²) in [5.41, 5.74) is 4.24. The first kappa shape index (κ1) is 43.6. The van der Waals surface area contributed by atoms with E-state index in [2.05, 4.69) is 19.3 Å². The van der Waals surface area contributed by atoms with Crippen molar-refractivity contribution in [3.8, 4) is 11.5 Å². The molecule has 2 aromatic rings. The minimum absolute atomic E-state index is 0.0848. The molecule has 0 aliphatic rings. The number of rotatable bonds is 20. The molecule has 0 aliphatic heterocycles. The van der Waals surface area contributed by atoms with Crippen LogP contribution in [-0.2, 0) is 20.0 Å². The summed E-state index contributed by atoms with van der Waals surface area (Å²) in [5, 5.41) is 0. The van der Waals surface area contributed by atoms with Crippen LogP contribution in [0.25, 0.3) is 0 Å². The second kappa shape index (κ2) is 25.7. The van der Waals surface area contributed by atoms with Crippen molar-refractivity contribution in [3.63, 3.8) is 0 Å². The Balaban J connectivity index is 0.000000700. The van der Waals surface area contributed by atoms with E-state index in [0.29, 0.717) is 23.8 Å². The molecule has 15 heteroatoms. The van der Waals surface area contributed by atoms with E-state index in [4.69, 9.17) is 39.2 Å². The van der Waals surface area contributed by atoms with E-state index in [1.165, 1.54) is 51.0 Å². The van der Waals surface area contributed by atoms with Gasteiger partial charge in [-0.2, -0.15) is 4.83 Å². The molecule has 0 spiro atoms. The van der Waals surface area contributed by atoms with Crippen LogP contribution >= 0.6 is 12.2 Å². The Morgan fingerprint density at radius 3 is 1.80 bits per heavy atom. The molecule has 12 nitrogen and oxygen atoms in total. The SMILES string of the molecule is CCCCCCCCOc1cc(C)ccc1S(=O)(=O)NN.CCCCCCCCS(=O)(=O)NN.COc1ccc(C(=S)NN)cc1. The fraction of sp³-hybridized carbons (Fsp3) is 0.581. The average Bonchev–Trinajstić information content (AvgIpc) is 3.06. The summed E-state index contributed by atoms with van der Waals surface area (Å²) >= 11 is 4.92. The van der Waals surface area contributed by atoms with Gasteiger partial charge in [-0.15, -0.1) is 4.83 Å². The van der Waals surface area contributed by atoms with E-state index < -0.39 is 20.0 Å². The molecule has 46 heavy (non-hydrogen) atoms. The van der Waals surface area contributed by atoms with E-state index in [-0.39, 0.29) is 10.6 Å². The number of hydrogen-bond donors (Lipinski definition) is 6. The molecule has 0 fully saturated rings. The molecule has 2 rings (SSSR count). The number of nitrogens with two attached hydrogens (primary N) is 3. The van der Waals surface area contributed by atoms with Crippen LogP contribution in [0.15, 0.2) is 47.4 Å². The standard InChI is InChI=1S/C15H26N2O3S.C8H20N2O2S.C8H10N2OS/c1-3-4-5-6-7-8-11-20-14-12-13(2)9-10-15(14)21(18,19)17-16;1-2-3-4-5-6-7-8-13(11,12)10-9;1-11-7-4-2-6(3-5-7)8(12)10-9/h9-10,12,17H,3-8,11,16H2,1-2H3;10H,2-9H2,1H3;2-5H,9H2,1H3,(H,10,12). The van der Waals surface area contributed by atoms with Gasteiger partial charge in [-0.1, -0.05) is 96.3 Å². The van der Waals surface area contributed by atoms with E-state index in [1.807, 2.05) is 40.9 Å². The van der Waals surface area contributed by atoms with Crippen LogP contribution in [0.4, 0.5) is 0 Å². The Morgan fingerprint density at radius 2 is 1.30 bits per heavy atom. The van der Waals surface area contributed by atoms with Gasteiger partial charge in [-0.25, -0.2) is 22.7 Å². The summed E-state index contributed by atoms with van der Waals surface area (Å²) in [6.45, 7) is 6.75. The summed E-state index contributed by atoms with van der Waals surface area (Å²) in [6.07, 6.45) is 13.4. The fourth-order valence-corrected chi connectivity index (χ4v) is 5.63. The third-order valence-electron chi connectivity index (χ3n) is 6.73. The molecule has 0 bridgehead atoms. The zero-order chi connectivity index (χ0) is 34.8. The topological polar surface area (TPSA) is 201 Å². The molecule has 0 saturated heterocycles. The van der Waals surface area contributed by atoms with Crippen molar-refractivity contribution in [1.82, 2.24) is 15.1 Å². The summed E-state index contributed by atoms with van der Waals surface area (Å²) in [6, 6.07) is 12.3. The Hall–Kier alpha value is -2.37. The minimum atomic E-state index is -3.70. The van der Waals surface area contributed by atoms with Crippen molar-refractivity contribution in [2.45, 2.75) is 103 Å². The van der Waals surface area contributed by atoms with Crippen LogP contribution in [0.3, 0.4) is 0 Å². The molecule has 264 valence electrons. The van der Waals surface area contributed by atoms with Gasteiger partial charge in [0.1, 0.15) is 21.4 Å². The number of nitrogens with one attached hydrogen (secondary N) is 3. The van der Waals surface area contributed by atoms with E-state index in [1.54, 1.807) is 19.2 Å². The van der Waals surface area contributed by atoms with Gasteiger partial charge in [0, 0.05) is 5.56 Å². The quantitative estimate of drug-likeness (QED) is 0.0476. The average molecular weight is 705 g/mol. The molecule has 0 unspecified atom stereocenters. The maximum absolute atomic E-state index is 11.8. The monoisotopic (exact) mass is 704 g/mol. The Kier molecular flexibility index (Phi) is 24.4. The van der Waals surface area contributed by atoms with Gasteiger partial charge < -0.3 is 14.9 Å². The largest absolute Gasteiger partial charge is 0.497 e. The molecular weight excluding hydrogens is 649 g/mol. The van der Waals surface area contributed by atoms with Gasteiger partial charge in [0.25, 0.3) is 10.0 Å². The number of sulfonamides is 2. The zero-order valence-electron chi connectivity index (χ0n) is 27.8. The number of thiocarbonyl (C=S) groups is 1. The lowest BCUT2D eigenvalue weighted by Gasteiger charge is -2.12. The maximum Gasteiger partial charge on any atom is 0.256 e. The van der Waals surface area contributed by atoms with Crippen molar-refractivity contribution >= 4 is 37.3 Å². The van der Waals surface area contributed by atoms with Crippen molar-refractivity contribution in [1.29, 1.82) is 0 Å². The Labute approximate surface area is 282 Å². The third kappa shape index (κ3) is 20.0. The van der Waals surface area contributed by atoms with Gasteiger partial charge in [0.15, 0.2) is 0 Å². The third-order valence-corrected chi connectivity index (χ3v) is 9.49. The first-order valence-electron chi connectivity index (χ1n) is 15.7. The predicted octanol–water partition coefficient (Wildman–Crippen LogP) is 4.86. The molecule has 0 heterocycles. The summed E-state index contributed by atoms with van der Waals surface area (Å²) in [7, 11) is -5.26. The van der Waals surface area contributed by atoms with E-state index in [0.717, 1.165) is 42.6 Å². The lowest BCUT2D eigenvalue weighted by Crippen LogP contribution is -2.32. The molecular formula is C31H56N6O6S3. The fourth-order valence-electron chi connectivity index (χ4n) is 4.04. The summed E-state index contributed by atoms with van der Waals surface area (Å²) in [5.74, 6) is 16.4. The van der Waals surface area contributed by atoms with Crippen LogP contribution in [0, 0.1) is 6.92 Å². The van der Waals surface area contributed by atoms with Gasteiger partial charge >= 0.3 is 0 Å². The van der Waals surface area contributed by atoms with Crippen molar-refractivity contribution in [2.24, 2.45) is 17.5 Å². The van der Waals surface area contributed by atoms with Gasteiger partial charge in [0.2, 0.25) is 10.0 Å². The normalized spacial score (nSPS) is 11.0. The Morgan fingerprint density at radius 1 is 0.761 bits per heavy atom.